The van der Waals surface area contributed by atoms with Crippen LogP contribution in [0.5, 0.6) is 0 Å². The fourth-order valence-electron chi connectivity index (χ4n) is 2.47. The summed E-state index contributed by atoms with van der Waals surface area (Å²) < 4.78 is 11.2. The number of hydrogen-bond donors (Lipinski definition) is 0. The van der Waals surface area contributed by atoms with Gasteiger partial charge in [-0.05, 0) is 41.1 Å². The Morgan fingerprint density at radius 2 is 2.12 bits per heavy atom. The first-order valence-electron chi connectivity index (χ1n) is 5.77. The SMILES string of the molecule is COC1=C(Br)C(=O)C(CC2CCOCC2)C1. The van der Waals surface area contributed by atoms with Gasteiger partial charge in [0.1, 0.15) is 5.76 Å². The van der Waals surface area contributed by atoms with E-state index < -0.39 is 0 Å². The third-order valence-corrected chi connectivity index (χ3v) is 4.30. The van der Waals surface area contributed by atoms with Crippen LogP contribution in [0, 0.1) is 11.8 Å². The zero-order valence-electron chi connectivity index (χ0n) is 9.50. The molecule has 1 fully saturated rings. The first kappa shape index (κ1) is 12.1. The van der Waals surface area contributed by atoms with Crippen molar-refractivity contribution in [2.75, 3.05) is 20.3 Å². The van der Waals surface area contributed by atoms with Crippen molar-refractivity contribution in [3.05, 3.63) is 10.2 Å². The van der Waals surface area contributed by atoms with Crippen LogP contribution >= 0.6 is 15.9 Å². The van der Waals surface area contributed by atoms with E-state index in [0.717, 1.165) is 44.7 Å². The third kappa shape index (κ3) is 2.48. The van der Waals surface area contributed by atoms with Gasteiger partial charge in [-0.3, -0.25) is 4.79 Å². The molecule has 3 nitrogen and oxygen atoms in total. The number of methoxy groups -OCH3 is 1. The van der Waals surface area contributed by atoms with Gasteiger partial charge >= 0.3 is 0 Å². The maximum Gasteiger partial charge on any atom is 0.176 e. The maximum atomic E-state index is 11.9. The highest BCUT2D eigenvalue weighted by Crippen LogP contribution is 2.37. The Kier molecular flexibility index (Phi) is 4.03. The molecule has 1 saturated heterocycles. The standard InChI is InChI=1S/C12H17BrO3/c1-15-10-7-9(12(14)11(10)13)6-8-2-4-16-5-3-8/h8-9H,2-7H2,1H3. The Hall–Kier alpha value is -0.350. The summed E-state index contributed by atoms with van der Waals surface area (Å²) in [6, 6.07) is 0. The van der Waals surface area contributed by atoms with E-state index >= 15 is 0 Å². The molecule has 16 heavy (non-hydrogen) atoms. The second kappa shape index (κ2) is 5.32. The molecule has 0 saturated carbocycles. The van der Waals surface area contributed by atoms with Crippen LogP contribution in [-0.2, 0) is 14.3 Å². The van der Waals surface area contributed by atoms with Crippen molar-refractivity contribution in [2.45, 2.75) is 25.7 Å². The van der Waals surface area contributed by atoms with Gasteiger partial charge in [-0.2, -0.15) is 0 Å². The average molecular weight is 289 g/mol. The van der Waals surface area contributed by atoms with Crippen LogP contribution < -0.4 is 0 Å². The molecule has 2 rings (SSSR count). The summed E-state index contributed by atoms with van der Waals surface area (Å²) in [5.74, 6) is 1.78. The summed E-state index contributed by atoms with van der Waals surface area (Å²) in [7, 11) is 1.63. The molecule has 90 valence electrons. The number of Topliss-reactive ketones (excluding diaryl/α,β-unsaturated/α-hetero) is 1. The highest BCUT2D eigenvalue weighted by atomic mass is 79.9. The monoisotopic (exact) mass is 288 g/mol. The van der Waals surface area contributed by atoms with Crippen molar-refractivity contribution in [1.82, 2.24) is 0 Å². The minimum absolute atomic E-state index is 0.118. The van der Waals surface area contributed by atoms with Crippen molar-refractivity contribution >= 4 is 21.7 Å². The lowest BCUT2D eigenvalue weighted by Crippen LogP contribution is -2.20. The van der Waals surface area contributed by atoms with E-state index in [9.17, 15) is 4.79 Å². The van der Waals surface area contributed by atoms with Crippen LogP contribution in [0.25, 0.3) is 0 Å². The Bertz CT molecular complexity index is 305. The largest absolute Gasteiger partial charge is 0.500 e. The third-order valence-electron chi connectivity index (χ3n) is 3.47. The lowest BCUT2D eigenvalue weighted by atomic mass is 9.87. The van der Waals surface area contributed by atoms with Crippen molar-refractivity contribution in [1.29, 1.82) is 0 Å². The summed E-state index contributed by atoms with van der Waals surface area (Å²) >= 11 is 3.32. The minimum atomic E-state index is 0.118. The molecule has 1 heterocycles. The van der Waals surface area contributed by atoms with E-state index in [2.05, 4.69) is 15.9 Å². The number of halogens is 1. The van der Waals surface area contributed by atoms with E-state index in [4.69, 9.17) is 9.47 Å². The van der Waals surface area contributed by atoms with Crippen molar-refractivity contribution < 1.29 is 14.3 Å². The van der Waals surface area contributed by atoms with Gasteiger partial charge in [0, 0.05) is 25.6 Å². The Balaban J connectivity index is 1.90. The highest BCUT2D eigenvalue weighted by Gasteiger charge is 2.34. The first-order chi connectivity index (χ1) is 7.72. The van der Waals surface area contributed by atoms with Gasteiger partial charge in [-0.1, -0.05) is 0 Å². The van der Waals surface area contributed by atoms with Gasteiger partial charge < -0.3 is 9.47 Å². The van der Waals surface area contributed by atoms with Gasteiger partial charge in [0.05, 0.1) is 11.6 Å². The second-order valence-electron chi connectivity index (χ2n) is 4.50. The fraction of sp³-hybridized carbons (Fsp3) is 0.750. The van der Waals surface area contributed by atoms with Gasteiger partial charge in [-0.25, -0.2) is 0 Å². The molecule has 1 unspecified atom stereocenters. The van der Waals surface area contributed by atoms with Crippen LogP contribution in [0.2, 0.25) is 0 Å². The van der Waals surface area contributed by atoms with Crippen LogP contribution in [0.3, 0.4) is 0 Å². The summed E-state index contributed by atoms with van der Waals surface area (Å²) in [6.07, 6.45) is 3.91. The maximum absolute atomic E-state index is 11.9. The van der Waals surface area contributed by atoms with Crippen LogP contribution in [0.4, 0.5) is 0 Å². The van der Waals surface area contributed by atoms with Gasteiger partial charge in [-0.15, -0.1) is 0 Å². The van der Waals surface area contributed by atoms with Gasteiger partial charge in [0.25, 0.3) is 0 Å². The Labute approximate surface area is 104 Å². The molecule has 0 aromatic heterocycles. The first-order valence-corrected chi connectivity index (χ1v) is 6.56. The molecule has 4 heteroatoms. The minimum Gasteiger partial charge on any atom is -0.500 e. The predicted molar refractivity (Wildman–Crippen MR) is 64.2 cm³/mol. The Morgan fingerprint density at radius 3 is 2.69 bits per heavy atom. The lowest BCUT2D eigenvalue weighted by Gasteiger charge is -2.24. The lowest BCUT2D eigenvalue weighted by molar-refractivity contribution is -0.118. The summed E-state index contributed by atoms with van der Waals surface area (Å²) in [5, 5.41) is 0. The summed E-state index contributed by atoms with van der Waals surface area (Å²) in [4.78, 5) is 11.9. The number of ketones is 1. The van der Waals surface area contributed by atoms with Crippen molar-refractivity contribution in [3.63, 3.8) is 0 Å². The molecule has 0 spiro atoms. The number of allylic oxidation sites excluding steroid dienone is 2. The molecule has 0 N–H and O–H groups in total. The number of carbonyl (C=O) groups excluding carboxylic acids is 1. The predicted octanol–water partition coefficient (Wildman–Crippen LogP) is 2.65. The van der Waals surface area contributed by atoms with E-state index in [1.807, 2.05) is 0 Å². The van der Waals surface area contributed by atoms with E-state index in [0.29, 0.717) is 10.4 Å². The van der Waals surface area contributed by atoms with E-state index in [1.54, 1.807) is 7.11 Å². The number of carbonyl (C=O) groups is 1. The molecule has 0 amide bonds. The smallest absolute Gasteiger partial charge is 0.176 e. The fourth-order valence-corrected chi connectivity index (χ4v) is 3.12. The number of hydrogen-bond acceptors (Lipinski definition) is 3. The molecule has 1 aliphatic carbocycles. The van der Waals surface area contributed by atoms with Crippen LogP contribution in [0.1, 0.15) is 25.7 Å². The van der Waals surface area contributed by atoms with E-state index in [1.165, 1.54) is 0 Å². The number of ether oxygens (including phenoxy) is 2. The molecule has 0 aromatic rings. The molecule has 0 aromatic carbocycles. The van der Waals surface area contributed by atoms with Gasteiger partial charge in [0.15, 0.2) is 5.78 Å². The highest BCUT2D eigenvalue weighted by molar-refractivity contribution is 9.12. The van der Waals surface area contributed by atoms with E-state index in [-0.39, 0.29) is 11.7 Å². The number of rotatable bonds is 3. The molecule has 1 atom stereocenters. The van der Waals surface area contributed by atoms with Crippen molar-refractivity contribution in [3.8, 4) is 0 Å². The quantitative estimate of drug-likeness (QED) is 0.801. The normalized spacial score (nSPS) is 27.6. The zero-order chi connectivity index (χ0) is 11.5. The molecular weight excluding hydrogens is 272 g/mol. The molecule has 1 aliphatic heterocycles. The molecule has 2 aliphatic rings. The topological polar surface area (TPSA) is 35.5 Å². The van der Waals surface area contributed by atoms with Gasteiger partial charge in [0.2, 0.25) is 0 Å². The van der Waals surface area contributed by atoms with Crippen LogP contribution in [0.15, 0.2) is 10.2 Å². The second-order valence-corrected chi connectivity index (χ2v) is 5.29. The molecule has 0 bridgehead atoms. The molecular formula is C12H17BrO3. The summed E-state index contributed by atoms with van der Waals surface area (Å²) in [5.41, 5.74) is 0. The summed E-state index contributed by atoms with van der Waals surface area (Å²) in [6.45, 7) is 1.69. The Morgan fingerprint density at radius 1 is 1.44 bits per heavy atom. The van der Waals surface area contributed by atoms with Crippen LogP contribution in [-0.4, -0.2) is 26.1 Å². The molecule has 0 radical (unpaired) electrons. The zero-order valence-corrected chi connectivity index (χ0v) is 11.1. The van der Waals surface area contributed by atoms with Crippen molar-refractivity contribution in [2.24, 2.45) is 11.8 Å². The average Bonchev–Trinajstić information content (AvgIpc) is 2.58.